The van der Waals surface area contributed by atoms with Crippen LogP contribution < -0.4 is 10.9 Å². The van der Waals surface area contributed by atoms with Crippen LogP contribution in [0.15, 0.2) is 47.3 Å². The number of hydrogen-bond acceptors (Lipinski definition) is 5. The van der Waals surface area contributed by atoms with Gasteiger partial charge >= 0.3 is 5.97 Å². The molecule has 0 aliphatic carbocycles. The number of nitrogens with zero attached hydrogens (tertiary/aromatic N) is 2. The molecule has 3 aromatic rings. The molecule has 0 saturated carbocycles. The van der Waals surface area contributed by atoms with Crippen molar-refractivity contribution in [3.63, 3.8) is 0 Å². The predicted molar refractivity (Wildman–Crippen MR) is 124 cm³/mol. The summed E-state index contributed by atoms with van der Waals surface area (Å²) in [5, 5.41) is 8.61. The van der Waals surface area contributed by atoms with Gasteiger partial charge < -0.3 is 10.1 Å². The van der Waals surface area contributed by atoms with Gasteiger partial charge in [0.25, 0.3) is 11.5 Å². The summed E-state index contributed by atoms with van der Waals surface area (Å²) in [5.74, 6) is -1.23. The van der Waals surface area contributed by atoms with Crippen LogP contribution in [0, 0.1) is 0 Å². The number of fused-ring (bicyclic) bond motifs is 1. The van der Waals surface area contributed by atoms with Crippen LogP contribution in [0.4, 0.5) is 0 Å². The Balaban J connectivity index is 1.64. The van der Waals surface area contributed by atoms with Crippen LogP contribution in [-0.2, 0) is 16.6 Å². The fraction of sp³-hybridized carbons (Fsp3) is 0.304. The van der Waals surface area contributed by atoms with Crippen LogP contribution >= 0.6 is 23.2 Å². The molecular weight excluding hydrogens is 453 g/mol. The van der Waals surface area contributed by atoms with Gasteiger partial charge in [0.1, 0.15) is 0 Å². The topological polar surface area (TPSA) is 90.3 Å². The largest absolute Gasteiger partial charge is 0.451 e. The maximum absolute atomic E-state index is 12.6. The molecule has 1 N–H and O–H groups in total. The third-order valence-electron chi connectivity index (χ3n) is 5.07. The van der Waals surface area contributed by atoms with Crippen molar-refractivity contribution in [3.8, 4) is 0 Å². The number of hydrogen-bond donors (Lipinski definition) is 1. The Morgan fingerprint density at radius 2 is 1.88 bits per heavy atom. The minimum atomic E-state index is -0.780. The summed E-state index contributed by atoms with van der Waals surface area (Å²) in [6.45, 7) is 1.92. The van der Waals surface area contributed by atoms with Gasteiger partial charge in [-0.25, -0.2) is 9.48 Å². The minimum absolute atomic E-state index is 0.00123. The van der Waals surface area contributed by atoms with E-state index in [2.05, 4.69) is 10.4 Å². The summed E-state index contributed by atoms with van der Waals surface area (Å²) in [6, 6.07) is 11.9. The molecule has 168 valence electrons. The van der Waals surface area contributed by atoms with Crippen LogP contribution in [-0.4, -0.2) is 34.8 Å². The minimum Gasteiger partial charge on any atom is -0.451 e. The number of carbonyl (C=O) groups excluding carboxylic acids is 2. The van der Waals surface area contributed by atoms with E-state index in [-0.39, 0.29) is 17.2 Å². The molecule has 0 saturated heterocycles. The van der Waals surface area contributed by atoms with Crippen molar-refractivity contribution in [2.45, 2.75) is 25.7 Å². The lowest BCUT2D eigenvalue weighted by Crippen LogP contribution is -2.33. The summed E-state index contributed by atoms with van der Waals surface area (Å²) in [7, 11) is 1.45. The Labute approximate surface area is 195 Å². The Bertz CT molecular complexity index is 1210. The quantitative estimate of drug-likeness (QED) is 0.495. The number of esters is 1. The molecule has 1 amide bonds. The number of ether oxygens (including phenoxy) is 1. The Morgan fingerprint density at radius 1 is 1.16 bits per heavy atom. The van der Waals surface area contributed by atoms with E-state index in [0.717, 1.165) is 23.1 Å². The summed E-state index contributed by atoms with van der Waals surface area (Å²) >= 11 is 12.3. The fourth-order valence-corrected chi connectivity index (χ4v) is 4.05. The Hall–Kier alpha value is -2.90. The highest BCUT2D eigenvalue weighted by Gasteiger charge is 2.19. The summed E-state index contributed by atoms with van der Waals surface area (Å²) in [5.41, 5.74) is 0.557. The van der Waals surface area contributed by atoms with E-state index < -0.39 is 18.5 Å². The van der Waals surface area contributed by atoms with Gasteiger partial charge in [-0.3, -0.25) is 9.59 Å². The van der Waals surface area contributed by atoms with Crippen LogP contribution in [0.1, 0.15) is 41.7 Å². The molecule has 0 aliphatic heterocycles. The van der Waals surface area contributed by atoms with Crippen molar-refractivity contribution in [2.75, 3.05) is 13.2 Å². The number of aromatic nitrogens is 2. The molecule has 1 atom stereocenters. The Morgan fingerprint density at radius 3 is 2.56 bits per heavy atom. The first-order valence-corrected chi connectivity index (χ1v) is 10.9. The molecule has 0 spiro atoms. The van der Waals surface area contributed by atoms with Gasteiger partial charge in [0.2, 0.25) is 0 Å². The zero-order valence-electron chi connectivity index (χ0n) is 17.7. The van der Waals surface area contributed by atoms with Crippen LogP contribution in [0.5, 0.6) is 0 Å². The first-order chi connectivity index (χ1) is 15.3. The lowest BCUT2D eigenvalue weighted by Gasteiger charge is -2.19. The van der Waals surface area contributed by atoms with Gasteiger partial charge in [-0.2, -0.15) is 5.10 Å². The Kier molecular flexibility index (Phi) is 7.88. The smallest absolute Gasteiger partial charge is 0.359 e. The highest BCUT2D eigenvalue weighted by atomic mass is 35.5. The standard InChI is InChI=1S/C23H23Cl2N3O4/c1-3-6-14(16-10-9-15(24)11-19(16)25)12-26-20(29)13-32-23(31)21-17-7-4-5-8-18(17)22(30)28(2)27-21/h4-5,7-11,14H,3,6,12-13H2,1-2H3,(H,26,29)/t14-/m1/s1. The molecule has 1 heterocycles. The molecule has 0 radical (unpaired) electrons. The molecule has 2 aromatic carbocycles. The van der Waals surface area contributed by atoms with Gasteiger partial charge in [-0.15, -0.1) is 0 Å². The van der Waals surface area contributed by atoms with Crippen LogP contribution in [0.2, 0.25) is 10.0 Å². The third-order valence-corrected chi connectivity index (χ3v) is 5.63. The van der Waals surface area contributed by atoms with Gasteiger partial charge in [0, 0.05) is 34.9 Å². The summed E-state index contributed by atoms with van der Waals surface area (Å²) in [4.78, 5) is 37.1. The molecule has 0 unspecified atom stereocenters. The average Bonchev–Trinajstić information content (AvgIpc) is 2.77. The molecule has 7 nitrogen and oxygen atoms in total. The number of benzene rings is 2. The highest BCUT2D eigenvalue weighted by molar-refractivity contribution is 6.35. The van der Waals surface area contributed by atoms with E-state index in [9.17, 15) is 14.4 Å². The monoisotopic (exact) mass is 475 g/mol. The molecule has 0 fully saturated rings. The van der Waals surface area contributed by atoms with E-state index in [1.807, 2.05) is 13.0 Å². The zero-order chi connectivity index (χ0) is 23.3. The molecule has 0 aliphatic rings. The second-order valence-electron chi connectivity index (χ2n) is 7.35. The SMILES string of the molecule is CCC[C@H](CNC(=O)COC(=O)c1nn(C)c(=O)c2ccccc12)c1ccc(Cl)cc1Cl. The van der Waals surface area contributed by atoms with Crippen LogP contribution in [0.3, 0.4) is 0 Å². The van der Waals surface area contributed by atoms with Crippen molar-refractivity contribution >= 4 is 45.9 Å². The van der Waals surface area contributed by atoms with Gasteiger partial charge in [0.05, 0.1) is 5.39 Å². The number of carbonyl (C=O) groups is 2. The first kappa shape index (κ1) is 23.8. The normalized spacial score (nSPS) is 11.9. The van der Waals surface area contributed by atoms with Gasteiger partial charge in [-0.1, -0.05) is 60.8 Å². The van der Waals surface area contributed by atoms with Gasteiger partial charge in [-0.05, 0) is 30.2 Å². The van der Waals surface area contributed by atoms with E-state index >= 15 is 0 Å². The third kappa shape index (κ3) is 5.47. The van der Waals surface area contributed by atoms with E-state index in [1.54, 1.807) is 36.4 Å². The maximum Gasteiger partial charge on any atom is 0.359 e. The average molecular weight is 476 g/mol. The van der Waals surface area contributed by atoms with Crippen molar-refractivity contribution in [1.82, 2.24) is 15.1 Å². The van der Waals surface area contributed by atoms with Crippen molar-refractivity contribution < 1.29 is 14.3 Å². The number of amides is 1. The predicted octanol–water partition coefficient (Wildman–Crippen LogP) is 4.10. The van der Waals surface area contributed by atoms with E-state index in [0.29, 0.717) is 27.4 Å². The highest BCUT2D eigenvalue weighted by Crippen LogP contribution is 2.30. The first-order valence-electron chi connectivity index (χ1n) is 10.2. The van der Waals surface area contributed by atoms with E-state index in [4.69, 9.17) is 27.9 Å². The number of rotatable bonds is 8. The summed E-state index contributed by atoms with van der Waals surface area (Å²) in [6.07, 6.45) is 1.72. The second kappa shape index (κ2) is 10.6. The number of aryl methyl sites for hydroxylation is 1. The van der Waals surface area contributed by atoms with Crippen molar-refractivity contribution in [2.24, 2.45) is 7.05 Å². The molecule has 9 heteroatoms. The van der Waals surface area contributed by atoms with Crippen LogP contribution in [0.25, 0.3) is 10.8 Å². The fourth-order valence-electron chi connectivity index (χ4n) is 3.49. The maximum atomic E-state index is 12.6. The molecule has 3 rings (SSSR count). The lowest BCUT2D eigenvalue weighted by atomic mass is 9.94. The molecule has 0 bridgehead atoms. The molecule has 1 aromatic heterocycles. The van der Waals surface area contributed by atoms with E-state index in [1.165, 1.54) is 7.05 Å². The zero-order valence-corrected chi connectivity index (χ0v) is 19.2. The van der Waals surface area contributed by atoms with Crippen molar-refractivity contribution in [1.29, 1.82) is 0 Å². The molecular formula is C23H23Cl2N3O4. The number of nitrogens with one attached hydrogen (secondary N) is 1. The van der Waals surface area contributed by atoms with Crippen molar-refractivity contribution in [3.05, 3.63) is 74.1 Å². The molecule has 32 heavy (non-hydrogen) atoms. The van der Waals surface area contributed by atoms with Gasteiger partial charge in [0.15, 0.2) is 12.3 Å². The second-order valence-corrected chi connectivity index (χ2v) is 8.20. The summed E-state index contributed by atoms with van der Waals surface area (Å²) < 4.78 is 6.23. The lowest BCUT2D eigenvalue weighted by molar-refractivity contribution is -0.124. The number of halogens is 2.